The predicted molar refractivity (Wildman–Crippen MR) is 57.8 cm³/mol. The molecule has 0 atom stereocenters. The zero-order valence-electron chi connectivity index (χ0n) is 9.07. The molecule has 0 radical (unpaired) electrons. The Morgan fingerprint density at radius 1 is 1.33 bits per heavy atom. The summed E-state index contributed by atoms with van der Waals surface area (Å²) in [5, 5.41) is 11.7. The van der Waals surface area contributed by atoms with Gasteiger partial charge in [-0.15, -0.1) is 0 Å². The number of ether oxygens (including phenoxy) is 1. The molecule has 0 aliphatic heterocycles. The van der Waals surface area contributed by atoms with Gasteiger partial charge in [0.25, 0.3) is 5.91 Å². The SMILES string of the molecule is COC(C)(C)C(=O)Nc1ccc(O)cc1. The van der Waals surface area contributed by atoms with E-state index in [1.807, 2.05) is 0 Å². The van der Waals surface area contributed by atoms with Crippen LogP contribution < -0.4 is 5.32 Å². The molecular weight excluding hydrogens is 194 g/mol. The molecule has 4 heteroatoms. The van der Waals surface area contributed by atoms with Gasteiger partial charge in [0, 0.05) is 12.8 Å². The average molecular weight is 209 g/mol. The van der Waals surface area contributed by atoms with Crippen molar-refractivity contribution >= 4 is 11.6 Å². The molecule has 0 spiro atoms. The minimum atomic E-state index is -0.863. The van der Waals surface area contributed by atoms with E-state index in [1.165, 1.54) is 19.2 Å². The number of methoxy groups -OCH3 is 1. The van der Waals surface area contributed by atoms with Crippen LogP contribution in [0.5, 0.6) is 5.75 Å². The van der Waals surface area contributed by atoms with Crippen LogP contribution in [0, 0.1) is 0 Å². The van der Waals surface area contributed by atoms with Crippen LogP contribution in [0.25, 0.3) is 0 Å². The third-order valence-corrected chi connectivity index (χ3v) is 2.18. The first-order valence-corrected chi connectivity index (χ1v) is 4.61. The fraction of sp³-hybridized carbons (Fsp3) is 0.364. The first kappa shape index (κ1) is 11.5. The Hall–Kier alpha value is -1.55. The second-order valence-corrected chi connectivity index (χ2v) is 3.72. The van der Waals surface area contributed by atoms with E-state index in [4.69, 9.17) is 9.84 Å². The Kier molecular flexibility index (Phi) is 3.31. The Balaban J connectivity index is 2.71. The van der Waals surface area contributed by atoms with Crippen molar-refractivity contribution in [2.75, 3.05) is 12.4 Å². The van der Waals surface area contributed by atoms with Crippen molar-refractivity contribution in [1.29, 1.82) is 0 Å². The average Bonchev–Trinajstić information content (AvgIpc) is 2.21. The first-order chi connectivity index (χ1) is 6.95. The number of hydrogen-bond donors (Lipinski definition) is 2. The molecule has 4 nitrogen and oxygen atoms in total. The maximum Gasteiger partial charge on any atom is 0.256 e. The van der Waals surface area contributed by atoms with E-state index < -0.39 is 5.60 Å². The molecule has 0 aromatic heterocycles. The van der Waals surface area contributed by atoms with Crippen molar-refractivity contribution in [3.63, 3.8) is 0 Å². The predicted octanol–water partition coefficient (Wildman–Crippen LogP) is 1.76. The lowest BCUT2D eigenvalue weighted by Crippen LogP contribution is -2.38. The molecule has 2 N–H and O–H groups in total. The number of amides is 1. The van der Waals surface area contributed by atoms with Crippen molar-refractivity contribution in [1.82, 2.24) is 0 Å². The fourth-order valence-electron chi connectivity index (χ4n) is 0.919. The molecule has 0 saturated heterocycles. The number of carbonyl (C=O) groups excluding carboxylic acids is 1. The van der Waals surface area contributed by atoms with E-state index in [-0.39, 0.29) is 11.7 Å². The molecule has 0 bridgehead atoms. The summed E-state index contributed by atoms with van der Waals surface area (Å²) in [6.45, 7) is 3.37. The van der Waals surface area contributed by atoms with Gasteiger partial charge in [-0.05, 0) is 38.1 Å². The summed E-state index contributed by atoms with van der Waals surface area (Å²) >= 11 is 0. The monoisotopic (exact) mass is 209 g/mol. The molecule has 0 heterocycles. The van der Waals surface area contributed by atoms with Crippen LogP contribution in [0.15, 0.2) is 24.3 Å². The fourth-order valence-corrected chi connectivity index (χ4v) is 0.919. The van der Waals surface area contributed by atoms with E-state index in [1.54, 1.807) is 26.0 Å². The third-order valence-electron chi connectivity index (χ3n) is 2.18. The molecule has 1 aromatic rings. The number of carbonyl (C=O) groups is 1. The normalized spacial score (nSPS) is 11.1. The lowest BCUT2D eigenvalue weighted by molar-refractivity contribution is -0.133. The van der Waals surface area contributed by atoms with E-state index in [0.29, 0.717) is 5.69 Å². The zero-order chi connectivity index (χ0) is 11.5. The molecule has 15 heavy (non-hydrogen) atoms. The molecule has 0 aliphatic carbocycles. The molecule has 0 saturated carbocycles. The number of anilines is 1. The maximum absolute atomic E-state index is 11.7. The highest BCUT2D eigenvalue weighted by Gasteiger charge is 2.26. The Bertz CT molecular complexity index is 343. The highest BCUT2D eigenvalue weighted by Crippen LogP contribution is 2.16. The van der Waals surface area contributed by atoms with Gasteiger partial charge in [-0.2, -0.15) is 0 Å². The lowest BCUT2D eigenvalue weighted by atomic mass is 10.1. The first-order valence-electron chi connectivity index (χ1n) is 4.61. The van der Waals surface area contributed by atoms with Gasteiger partial charge >= 0.3 is 0 Å². The summed E-state index contributed by atoms with van der Waals surface area (Å²) < 4.78 is 5.03. The summed E-state index contributed by atoms with van der Waals surface area (Å²) in [5.74, 6) is -0.0605. The van der Waals surface area contributed by atoms with Crippen LogP contribution in [-0.2, 0) is 9.53 Å². The zero-order valence-corrected chi connectivity index (χ0v) is 9.07. The number of hydrogen-bond acceptors (Lipinski definition) is 3. The van der Waals surface area contributed by atoms with E-state index >= 15 is 0 Å². The number of phenolic OH excluding ortho intramolecular Hbond substituents is 1. The van der Waals surface area contributed by atoms with Crippen molar-refractivity contribution in [2.45, 2.75) is 19.4 Å². The van der Waals surface area contributed by atoms with Crippen LogP contribution in [-0.4, -0.2) is 23.7 Å². The summed E-state index contributed by atoms with van der Waals surface area (Å²) in [6, 6.07) is 6.27. The minimum absolute atomic E-state index is 0.166. The van der Waals surface area contributed by atoms with Crippen LogP contribution in [0.3, 0.4) is 0 Å². The smallest absolute Gasteiger partial charge is 0.256 e. The number of rotatable bonds is 3. The molecule has 1 amide bonds. The van der Waals surface area contributed by atoms with Gasteiger partial charge in [0.2, 0.25) is 0 Å². The Morgan fingerprint density at radius 2 is 1.87 bits per heavy atom. The highest BCUT2D eigenvalue weighted by molar-refractivity contribution is 5.96. The van der Waals surface area contributed by atoms with Crippen LogP contribution >= 0.6 is 0 Å². The Labute approximate surface area is 88.9 Å². The van der Waals surface area contributed by atoms with Crippen molar-refractivity contribution < 1.29 is 14.6 Å². The quantitative estimate of drug-likeness (QED) is 0.746. The van der Waals surface area contributed by atoms with Crippen LogP contribution in [0.1, 0.15) is 13.8 Å². The molecule has 82 valence electrons. The largest absolute Gasteiger partial charge is 0.508 e. The number of benzene rings is 1. The second kappa shape index (κ2) is 4.31. The van der Waals surface area contributed by atoms with Gasteiger partial charge < -0.3 is 15.2 Å². The highest BCUT2D eigenvalue weighted by atomic mass is 16.5. The van der Waals surface area contributed by atoms with Gasteiger partial charge in [-0.1, -0.05) is 0 Å². The molecule has 1 rings (SSSR count). The summed E-state index contributed by atoms with van der Waals surface area (Å²) in [5.41, 5.74) is -0.235. The van der Waals surface area contributed by atoms with E-state index in [0.717, 1.165) is 0 Å². The summed E-state index contributed by atoms with van der Waals surface area (Å²) in [4.78, 5) is 11.7. The van der Waals surface area contributed by atoms with Gasteiger partial charge in [-0.3, -0.25) is 4.79 Å². The lowest BCUT2D eigenvalue weighted by Gasteiger charge is -2.21. The third kappa shape index (κ3) is 2.95. The number of aromatic hydroxyl groups is 1. The number of phenols is 1. The van der Waals surface area contributed by atoms with Gasteiger partial charge in [0.15, 0.2) is 0 Å². The second-order valence-electron chi connectivity index (χ2n) is 3.72. The van der Waals surface area contributed by atoms with Crippen molar-refractivity contribution in [3.05, 3.63) is 24.3 Å². The summed E-state index contributed by atoms with van der Waals surface area (Å²) in [7, 11) is 1.48. The van der Waals surface area contributed by atoms with Gasteiger partial charge in [-0.25, -0.2) is 0 Å². The Morgan fingerprint density at radius 3 is 2.33 bits per heavy atom. The van der Waals surface area contributed by atoms with E-state index in [9.17, 15) is 4.79 Å². The minimum Gasteiger partial charge on any atom is -0.508 e. The van der Waals surface area contributed by atoms with Gasteiger partial charge in [0.1, 0.15) is 11.4 Å². The molecule has 0 unspecified atom stereocenters. The maximum atomic E-state index is 11.7. The summed E-state index contributed by atoms with van der Waals surface area (Å²) in [6.07, 6.45) is 0. The van der Waals surface area contributed by atoms with Gasteiger partial charge in [0.05, 0.1) is 0 Å². The standard InChI is InChI=1S/C11H15NO3/c1-11(2,15-3)10(14)12-8-4-6-9(13)7-5-8/h4-7,13H,1-3H3,(H,12,14). The molecular formula is C11H15NO3. The molecule has 0 aliphatic rings. The molecule has 0 fully saturated rings. The van der Waals surface area contributed by atoms with Crippen molar-refractivity contribution in [3.8, 4) is 5.75 Å². The number of nitrogens with one attached hydrogen (secondary N) is 1. The van der Waals surface area contributed by atoms with Crippen molar-refractivity contribution in [2.24, 2.45) is 0 Å². The van der Waals surface area contributed by atoms with Crippen LogP contribution in [0.2, 0.25) is 0 Å². The van der Waals surface area contributed by atoms with E-state index in [2.05, 4.69) is 5.32 Å². The van der Waals surface area contributed by atoms with Crippen LogP contribution in [0.4, 0.5) is 5.69 Å². The topological polar surface area (TPSA) is 58.6 Å². The molecule has 1 aromatic carbocycles.